The number of aryl methyl sites for hydroxylation is 3. The van der Waals surface area contributed by atoms with Crippen LogP contribution in [-0.2, 0) is 24.8 Å². The van der Waals surface area contributed by atoms with Crippen LogP contribution in [0.25, 0.3) is 21.9 Å². The van der Waals surface area contributed by atoms with Gasteiger partial charge in [0.05, 0.1) is 35.0 Å². The average Bonchev–Trinajstić information content (AvgIpc) is 2.91. The number of aromatic nitrogens is 3. The van der Waals surface area contributed by atoms with Gasteiger partial charge in [-0.3, -0.25) is 14.8 Å². The van der Waals surface area contributed by atoms with Gasteiger partial charge in [-0.05, 0) is 87.2 Å². The van der Waals surface area contributed by atoms with Crippen molar-refractivity contribution in [1.29, 1.82) is 0 Å². The van der Waals surface area contributed by atoms with Crippen LogP contribution in [0.4, 0.5) is 8.78 Å². The van der Waals surface area contributed by atoms with Gasteiger partial charge in [-0.1, -0.05) is 0 Å². The molecular weight excluding hydrogens is 474 g/mol. The summed E-state index contributed by atoms with van der Waals surface area (Å²) in [4.78, 5) is 21.7. The molecule has 2 saturated heterocycles. The van der Waals surface area contributed by atoms with Crippen molar-refractivity contribution in [3.63, 3.8) is 0 Å². The number of rotatable bonds is 6. The molecule has 1 aromatic carbocycles. The number of ether oxygens (including phenoxy) is 1. The van der Waals surface area contributed by atoms with Crippen molar-refractivity contribution >= 4 is 21.9 Å². The zero-order chi connectivity index (χ0) is 25.8. The minimum Gasteiger partial charge on any atom is -0.373 e. The molecule has 1 N–H and O–H groups in total. The lowest BCUT2D eigenvalue weighted by Gasteiger charge is -2.53. The number of hydrogen-bond donors (Lipinski definition) is 1. The van der Waals surface area contributed by atoms with E-state index in [1.807, 2.05) is 25.1 Å². The van der Waals surface area contributed by atoms with Crippen LogP contribution in [0.5, 0.6) is 0 Å². The normalized spacial score (nSPS) is 23.2. The lowest BCUT2D eigenvalue weighted by molar-refractivity contribution is -0.165. The second-order valence-corrected chi connectivity index (χ2v) is 10.7. The SMILES string of the molecule is Cc1ccc2ncc(F)c(CCC34CCC(NCc5cc6ccc(F)cc6n(C)c5=O)(CC3)CO4)c2n1. The predicted molar refractivity (Wildman–Crippen MR) is 138 cm³/mol. The maximum atomic E-state index is 14.7. The van der Waals surface area contributed by atoms with Crippen LogP contribution in [0.2, 0.25) is 0 Å². The summed E-state index contributed by atoms with van der Waals surface area (Å²) in [7, 11) is 1.68. The van der Waals surface area contributed by atoms with Crippen LogP contribution < -0.4 is 10.9 Å². The quantitative estimate of drug-likeness (QED) is 0.406. The van der Waals surface area contributed by atoms with Gasteiger partial charge in [-0.15, -0.1) is 0 Å². The van der Waals surface area contributed by atoms with Gasteiger partial charge in [0.1, 0.15) is 11.6 Å². The Kier molecular flexibility index (Phi) is 5.84. The Morgan fingerprint density at radius 2 is 1.92 bits per heavy atom. The number of nitrogens with one attached hydrogen (secondary N) is 1. The van der Waals surface area contributed by atoms with Crippen LogP contribution in [0.15, 0.2) is 47.4 Å². The molecule has 0 atom stereocenters. The Morgan fingerprint density at radius 3 is 2.68 bits per heavy atom. The minimum absolute atomic E-state index is 0.126. The van der Waals surface area contributed by atoms with Gasteiger partial charge in [0.25, 0.3) is 5.56 Å². The number of pyridine rings is 3. The van der Waals surface area contributed by atoms with Crippen molar-refractivity contribution in [2.45, 2.75) is 63.1 Å². The summed E-state index contributed by atoms with van der Waals surface area (Å²) in [5, 5.41) is 4.46. The Morgan fingerprint density at radius 1 is 1.11 bits per heavy atom. The Bertz CT molecular complexity index is 1550. The van der Waals surface area contributed by atoms with E-state index in [-0.39, 0.29) is 28.3 Å². The van der Waals surface area contributed by atoms with Crippen molar-refractivity contribution < 1.29 is 13.5 Å². The number of halogens is 2. The van der Waals surface area contributed by atoms with Gasteiger partial charge in [-0.25, -0.2) is 8.78 Å². The van der Waals surface area contributed by atoms with E-state index < -0.39 is 0 Å². The van der Waals surface area contributed by atoms with Crippen LogP contribution in [0.3, 0.4) is 0 Å². The topological polar surface area (TPSA) is 69.0 Å². The van der Waals surface area contributed by atoms with E-state index in [1.54, 1.807) is 13.1 Å². The van der Waals surface area contributed by atoms with E-state index in [0.717, 1.165) is 43.2 Å². The van der Waals surface area contributed by atoms with Gasteiger partial charge < -0.3 is 14.6 Å². The van der Waals surface area contributed by atoms with E-state index in [2.05, 4.69) is 15.3 Å². The molecule has 4 aromatic rings. The molecule has 37 heavy (non-hydrogen) atoms. The average molecular weight is 505 g/mol. The van der Waals surface area contributed by atoms with Gasteiger partial charge in [-0.2, -0.15) is 0 Å². The molecule has 0 spiro atoms. The molecule has 8 heteroatoms. The fourth-order valence-corrected chi connectivity index (χ4v) is 6.01. The van der Waals surface area contributed by atoms with Crippen LogP contribution >= 0.6 is 0 Å². The van der Waals surface area contributed by atoms with E-state index in [0.29, 0.717) is 47.2 Å². The van der Waals surface area contributed by atoms with Crippen LogP contribution in [0, 0.1) is 18.6 Å². The molecule has 7 rings (SSSR count). The highest BCUT2D eigenvalue weighted by Gasteiger charge is 2.49. The largest absolute Gasteiger partial charge is 0.373 e. The monoisotopic (exact) mass is 504 g/mol. The van der Waals surface area contributed by atoms with Gasteiger partial charge in [0, 0.05) is 36.0 Å². The van der Waals surface area contributed by atoms with E-state index in [1.165, 1.54) is 22.9 Å². The van der Waals surface area contributed by atoms with E-state index in [9.17, 15) is 13.6 Å². The van der Waals surface area contributed by atoms with Crippen molar-refractivity contribution in [3.05, 3.63) is 81.4 Å². The summed E-state index contributed by atoms with van der Waals surface area (Å²) < 4.78 is 36.4. The molecule has 1 saturated carbocycles. The third-order valence-corrected chi connectivity index (χ3v) is 8.42. The highest BCUT2D eigenvalue weighted by atomic mass is 19.1. The molecule has 3 fully saturated rings. The molecule has 192 valence electrons. The molecular formula is C29H30F2N4O2. The van der Waals surface area contributed by atoms with Gasteiger partial charge >= 0.3 is 0 Å². The van der Waals surface area contributed by atoms with Gasteiger partial charge in [0.2, 0.25) is 0 Å². The summed E-state index contributed by atoms with van der Waals surface area (Å²) in [6.07, 6.45) is 6.20. The second-order valence-electron chi connectivity index (χ2n) is 10.7. The van der Waals surface area contributed by atoms with Crippen molar-refractivity contribution in [3.8, 4) is 0 Å². The first-order valence-corrected chi connectivity index (χ1v) is 12.8. The van der Waals surface area contributed by atoms with Crippen molar-refractivity contribution in [2.75, 3.05) is 6.61 Å². The highest BCUT2D eigenvalue weighted by molar-refractivity contribution is 5.80. The van der Waals surface area contributed by atoms with Crippen LogP contribution in [-0.4, -0.2) is 32.3 Å². The number of nitrogens with zero attached hydrogens (tertiary/aromatic N) is 3. The molecule has 1 aliphatic carbocycles. The summed E-state index contributed by atoms with van der Waals surface area (Å²) in [5.74, 6) is -0.673. The molecule has 5 heterocycles. The summed E-state index contributed by atoms with van der Waals surface area (Å²) in [6, 6.07) is 10.1. The molecule has 0 radical (unpaired) electrons. The summed E-state index contributed by atoms with van der Waals surface area (Å²) >= 11 is 0. The smallest absolute Gasteiger partial charge is 0.255 e. The lowest BCUT2D eigenvalue weighted by Crippen LogP contribution is -2.61. The minimum atomic E-state index is -0.358. The maximum absolute atomic E-state index is 14.7. The first-order valence-electron chi connectivity index (χ1n) is 12.8. The summed E-state index contributed by atoms with van der Waals surface area (Å²) in [5.41, 5.74) is 3.46. The van der Waals surface area contributed by atoms with E-state index >= 15 is 0 Å². The maximum Gasteiger partial charge on any atom is 0.255 e. The zero-order valence-electron chi connectivity index (χ0n) is 21.1. The standard InChI is InChI=1S/C29H30F2N4O2/c1-18-3-6-24-26(34-18)22(23(31)16-32-24)7-8-29-11-9-28(10-12-29,17-37-29)33-15-20-13-19-4-5-21(30)14-25(19)35(2)27(20)36/h3-6,13-14,16,33H,7-12,15,17H2,1-2H3. The van der Waals surface area contributed by atoms with Crippen molar-refractivity contribution in [2.24, 2.45) is 7.05 Å². The first-order chi connectivity index (χ1) is 17.8. The predicted octanol–water partition coefficient (Wildman–Crippen LogP) is 4.87. The van der Waals surface area contributed by atoms with E-state index in [4.69, 9.17) is 4.74 Å². The Hall–Kier alpha value is -3.23. The van der Waals surface area contributed by atoms with Crippen molar-refractivity contribution in [1.82, 2.24) is 19.9 Å². The Labute approximate surface area is 213 Å². The fraction of sp³-hybridized carbons (Fsp3) is 0.414. The molecule has 2 bridgehead atoms. The zero-order valence-corrected chi connectivity index (χ0v) is 21.1. The van der Waals surface area contributed by atoms with Gasteiger partial charge in [0.15, 0.2) is 0 Å². The van der Waals surface area contributed by atoms with Crippen LogP contribution in [0.1, 0.15) is 48.9 Å². The Balaban J connectivity index is 1.14. The number of hydrogen-bond acceptors (Lipinski definition) is 5. The molecule has 6 nitrogen and oxygen atoms in total. The number of fused-ring (bicyclic) bond motifs is 5. The second kappa shape index (κ2) is 8.96. The molecule has 3 aliphatic rings. The highest BCUT2D eigenvalue weighted by Crippen LogP contribution is 2.46. The molecule has 0 amide bonds. The fourth-order valence-electron chi connectivity index (χ4n) is 6.01. The molecule has 3 aromatic heterocycles. The number of benzene rings is 1. The third kappa shape index (κ3) is 4.32. The lowest BCUT2D eigenvalue weighted by atomic mass is 9.69. The first kappa shape index (κ1) is 24.1. The third-order valence-electron chi connectivity index (χ3n) is 8.42. The molecule has 2 aliphatic heterocycles. The molecule has 0 unspecified atom stereocenters. The summed E-state index contributed by atoms with van der Waals surface area (Å²) in [6.45, 7) is 2.89.